The van der Waals surface area contributed by atoms with Gasteiger partial charge in [0.1, 0.15) is 5.02 Å². The van der Waals surface area contributed by atoms with Crippen molar-refractivity contribution in [1.82, 2.24) is 4.98 Å². The van der Waals surface area contributed by atoms with Gasteiger partial charge in [-0.15, -0.1) is 0 Å². The average molecular weight is 304 g/mol. The molecule has 0 N–H and O–H groups in total. The van der Waals surface area contributed by atoms with Gasteiger partial charge in [-0.25, -0.2) is 4.98 Å². The van der Waals surface area contributed by atoms with Gasteiger partial charge >= 0.3 is 12.1 Å². The maximum Gasteiger partial charge on any atom is 0.456 e. The van der Waals surface area contributed by atoms with Crippen molar-refractivity contribution in [1.29, 1.82) is 0 Å². The Morgan fingerprint density at radius 3 is 2.26 bits per heavy atom. The van der Waals surface area contributed by atoms with Crippen molar-refractivity contribution < 1.29 is 26.7 Å². The van der Waals surface area contributed by atoms with Gasteiger partial charge in [-0.1, -0.05) is 25.4 Å². The molecule has 0 saturated heterocycles. The fraction of sp³-hybridized carbons (Fsp3) is 0.545. The molecule has 1 aromatic rings. The molecule has 0 aliphatic heterocycles. The quantitative estimate of drug-likeness (QED) is 0.767. The molecule has 1 heterocycles. The van der Waals surface area contributed by atoms with Crippen LogP contribution in [0.1, 0.15) is 25.3 Å². The molecule has 0 atom stereocenters. The summed E-state index contributed by atoms with van der Waals surface area (Å²) in [7, 11) is 0. The minimum atomic E-state index is -5.67. The van der Waals surface area contributed by atoms with Crippen LogP contribution in [0.15, 0.2) is 12.3 Å². The van der Waals surface area contributed by atoms with E-state index in [1.807, 2.05) is 13.8 Å². The maximum absolute atomic E-state index is 12.6. The van der Waals surface area contributed by atoms with Crippen LogP contribution in [-0.4, -0.2) is 23.7 Å². The summed E-state index contributed by atoms with van der Waals surface area (Å²) in [5.41, 5.74) is 0.722. The first-order valence-corrected chi connectivity index (χ1v) is 5.65. The van der Waals surface area contributed by atoms with Crippen molar-refractivity contribution in [3.05, 3.63) is 22.8 Å². The molecule has 0 aliphatic carbocycles. The van der Waals surface area contributed by atoms with Crippen LogP contribution in [0.4, 0.5) is 22.0 Å². The van der Waals surface area contributed by atoms with E-state index in [0.29, 0.717) is 0 Å². The second-order valence-corrected chi connectivity index (χ2v) is 4.61. The minimum Gasteiger partial charge on any atom is -0.470 e. The zero-order valence-electron chi connectivity index (χ0n) is 10.1. The summed E-state index contributed by atoms with van der Waals surface area (Å²) >= 11 is 5.70. The summed E-state index contributed by atoms with van der Waals surface area (Å²) in [5.74, 6) is -5.31. The van der Waals surface area contributed by atoms with Crippen LogP contribution in [0.3, 0.4) is 0 Å². The topological polar surface area (TPSA) is 22.1 Å². The van der Waals surface area contributed by atoms with Crippen molar-refractivity contribution >= 4 is 11.6 Å². The highest BCUT2D eigenvalue weighted by atomic mass is 35.5. The van der Waals surface area contributed by atoms with Crippen molar-refractivity contribution in [3.63, 3.8) is 0 Å². The monoisotopic (exact) mass is 303 g/mol. The van der Waals surface area contributed by atoms with Crippen molar-refractivity contribution in [3.8, 4) is 5.88 Å². The van der Waals surface area contributed by atoms with Crippen LogP contribution >= 0.6 is 11.6 Å². The van der Waals surface area contributed by atoms with E-state index in [-0.39, 0.29) is 10.9 Å². The second kappa shape index (κ2) is 5.48. The van der Waals surface area contributed by atoms with E-state index in [2.05, 4.69) is 9.72 Å². The number of hydrogen-bond donors (Lipinski definition) is 0. The van der Waals surface area contributed by atoms with Crippen molar-refractivity contribution in [2.24, 2.45) is 0 Å². The summed E-state index contributed by atoms with van der Waals surface area (Å²) < 4.78 is 65.4. The molecule has 0 radical (unpaired) electrons. The first-order valence-electron chi connectivity index (χ1n) is 5.27. The Labute approximate surface area is 111 Å². The zero-order chi connectivity index (χ0) is 14.8. The highest BCUT2D eigenvalue weighted by Crippen LogP contribution is 2.36. The number of ether oxygens (including phenoxy) is 1. The van der Waals surface area contributed by atoms with Crippen molar-refractivity contribution in [2.75, 3.05) is 6.61 Å². The molecule has 108 valence electrons. The van der Waals surface area contributed by atoms with Crippen LogP contribution in [0.2, 0.25) is 5.02 Å². The number of aromatic nitrogens is 1. The molecule has 1 rings (SSSR count). The number of rotatable bonds is 4. The molecule has 1 aromatic heterocycles. The summed E-state index contributed by atoms with van der Waals surface area (Å²) in [6.45, 7) is 1.85. The third-order valence-electron chi connectivity index (χ3n) is 2.30. The zero-order valence-corrected chi connectivity index (χ0v) is 10.8. The largest absolute Gasteiger partial charge is 0.470 e. The Bertz CT molecular complexity index is 447. The third kappa shape index (κ3) is 3.92. The van der Waals surface area contributed by atoms with E-state index in [9.17, 15) is 22.0 Å². The Morgan fingerprint density at radius 2 is 1.84 bits per heavy atom. The Kier molecular flexibility index (Phi) is 4.60. The van der Waals surface area contributed by atoms with Gasteiger partial charge in [-0.2, -0.15) is 22.0 Å². The predicted molar refractivity (Wildman–Crippen MR) is 59.8 cm³/mol. The van der Waals surface area contributed by atoms with Gasteiger partial charge in [0.05, 0.1) is 0 Å². The smallest absolute Gasteiger partial charge is 0.456 e. The molecule has 0 aromatic carbocycles. The Morgan fingerprint density at radius 1 is 1.26 bits per heavy atom. The number of nitrogens with zero attached hydrogens (tertiary/aromatic N) is 1. The first-order chi connectivity index (χ1) is 8.54. The minimum absolute atomic E-state index is 0.0932. The van der Waals surface area contributed by atoms with Crippen molar-refractivity contribution in [2.45, 2.75) is 31.9 Å². The Hall–Kier alpha value is -1.11. The van der Waals surface area contributed by atoms with Crippen LogP contribution in [-0.2, 0) is 0 Å². The Balaban J connectivity index is 2.79. The summed E-state index contributed by atoms with van der Waals surface area (Å²) in [6.07, 6.45) is -4.35. The highest BCUT2D eigenvalue weighted by Gasteiger charge is 2.58. The lowest BCUT2D eigenvalue weighted by Crippen LogP contribution is -2.41. The lowest BCUT2D eigenvalue weighted by Gasteiger charge is -2.19. The molecular weight excluding hydrogens is 293 g/mol. The summed E-state index contributed by atoms with van der Waals surface area (Å²) in [5, 5.41) is -0.107. The molecule has 0 unspecified atom stereocenters. The average Bonchev–Trinajstić information content (AvgIpc) is 2.25. The van der Waals surface area contributed by atoms with Gasteiger partial charge in [0, 0.05) is 6.20 Å². The standard InChI is InChI=1S/C11H11ClF5NO/c1-6(2)7-3-8(12)9(18-4-7)19-5-10(13,14)11(15,16)17/h3-4,6H,5H2,1-2H3. The normalized spacial score (nSPS) is 12.9. The van der Waals surface area contributed by atoms with E-state index in [1.54, 1.807) is 0 Å². The number of alkyl halides is 5. The van der Waals surface area contributed by atoms with E-state index < -0.39 is 24.6 Å². The number of halogens is 6. The molecule has 19 heavy (non-hydrogen) atoms. The molecule has 0 aliphatic rings. The summed E-state index contributed by atoms with van der Waals surface area (Å²) in [6, 6.07) is 1.42. The highest BCUT2D eigenvalue weighted by molar-refractivity contribution is 6.31. The molecule has 8 heteroatoms. The molecule has 2 nitrogen and oxygen atoms in total. The SMILES string of the molecule is CC(C)c1cnc(OCC(F)(F)C(F)(F)F)c(Cl)c1. The van der Waals surface area contributed by atoms with Gasteiger partial charge in [0.25, 0.3) is 0 Å². The van der Waals surface area contributed by atoms with Crippen LogP contribution in [0, 0.1) is 0 Å². The molecule has 0 saturated carbocycles. The maximum atomic E-state index is 12.6. The van der Waals surface area contributed by atoms with Gasteiger partial charge < -0.3 is 4.74 Å². The molecular formula is C11H11ClF5NO. The number of hydrogen-bond acceptors (Lipinski definition) is 2. The lowest BCUT2D eigenvalue weighted by atomic mass is 10.1. The van der Waals surface area contributed by atoms with Crippen LogP contribution in [0.5, 0.6) is 5.88 Å². The fourth-order valence-corrected chi connectivity index (χ4v) is 1.33. The number of pyridine rings is 1. The van der Waals surface area contributed by atoms with E-state index in [4.69, 9.17) is 11.6 Å². The third-order valence-corrected chi connectivity index (χ3v) is 2.57. The lowest BCUT2D eigenvalue weighted by molar-refractivity contribution is -0.290. The van der Waals surface area contributed by atoms with Gasteiger partial charge in [0.2, 0.25) is 5.88 Å². The second-order valence-electron chi connectivity index (χ2n) is 4.20. The van der Waals surface area contributed by atoms with E-state index in [1.165, 1.54) is 12.3 Å². The van der Waals surface area contributed by atoms with Gasteiger partial charge in [-0.05, 0) is 17.5 Å². The predicted octanol–water partition coefficient (Wildman–Crippen LogP) is 4.43. The van der Waals surface area contributed by atoms with Gasteiger partial charge in [0.15, 0.2) is 6.61 Å². The van der Waals surface area contributed by atoms with E-state index in [0.717, 1.165) is 5.56 Å². The summed E-state index contributed by atoms with van der Waals surface area (Å²) in [4.78, 5) is 3.63. The molecule has 0 bridgehead atoms. The molecule has 0 spiro atoms. The van der Waals surface area contributed by atoms with E-state index >= 15 is 0 Å². The van der Waals surface area contributed by atoms with Crippen LogP contribution < -0.4 is 4.74 Å². The first kappa shape index (κ1) is 15.9. The molecule has 0 amide bonds. The molecule has 0 fully saturated rings. The van der Waals surface area contributed by atoms with Gasteiger partial charge in [-0.3, -0.25) is 0 Å². The fourth-order valence-electron chi connectivity index (χ4n) is 1.10. The van der Waals surface area contributed by atoms with Crippen LogP contribution in [0.25, 0.3) is 0 Å².